The number of rotatable bonds is 9. The summed E-state index contributed by atoms with van der Waals surface area (Å²) in [5, 5.41) is 3.44. The van der Waals surface area contributed by atoms with E-state index in [2.05, 4.69) is 48.1 Å². The molecule has 1 aromatic carbocycles. The number of unbranched alkanes of at least 4 members (excludes halogenated alkanes) is 3. The largest absolute Gasteiger partial charge is 0.493 e. The average molecular weight is 328 g/mol. The van der Waals surface area contributed by atoms with E-state index in [1.54, 1.807) is 0 Å². The van der Waals surface area contributed by atoms with E-state index in [1.807, 2.05) is 12.1 Å². The third-order valence-corrected chi connectivity index (χ3v) is 3.51. The monoisotopic (exact) mass is 327 g/mol. The molecule has 0 saturated carbocycles. The van der Waals surface area contributed by atoms with Gasteiger partial charge in [-0.2, -0.15) is 0 Å². The molecule has 0 aliphatic rings. The zero-order valence-electron chi connectivity index (χ0n) is 12.3. The second kappa shape index (κ2) is 9.38. The highest BCUT2D eigenvalue weighted by Crippen LogP contribution is 2.22. The molecule has 0 aliphatic carbocycles. The minimum absolute atomic E-state index is 0.601. The summed E-state index contributed by atoms with van der Waals surface area (Å²) in [4.78, 5) is 0. The number of ether oxygens (including phenoxy) is 1. The molecule has 3 heteroatoms. The molecule has 0 aliphatic heterocycles. The molecular weight excluding hydrogens is 302 g/mol. The first-order valence-corrected chi connectivity index (χ1v) is 8.01. The third kappa shape index (κ3) is 7.58. The molecule has 0 aromatic heterocycles. The number of halogens is 1. The average Bonchev–Trinajstić information content (AvgIpc) is 2.34. The Balaban J connectivity index is 2.04. The van der Waals surface area contributed by atoms with E-state index in [0.717, 1.165) is 29.8 Å². The lowest BCUT2D eigenvalue weighted by Crippen LogP contribution is -2.23. The fraction of sp³-hybridized carbons (Fsp3) is 0.625. The first-order valence-electron chi connectivity index (χ1n) is 7.22. The molecule has 0 unspecified atom stereocenters. The summed E-state index contributed by atoms with van der Waals surface area (Å²) >= 11 is 3.46. The van der Waals surface area contributed by atoms with Crippen LogP contribution in [0.25, 0.3) is 0 Å². The van der Waals surface area contributed by atoms with Crippen molar-refractivity contribution in [3.63, 3.8) is 0 Å². The summed E-state index contributed by atoms with van der Waals surface area (Å²) in [6.07, 6.45) is 4.92. The van der Waals surface area contributed by atoms with Crippen LogP contribution in [-0.4, -0.2) is 19.2 Å². The van der Waals surface area contributed by atoms with E-state index >= 15 is 0 Å². The smallest absolute Gasteiger partial charge is 0.122 e. The Morgan fingerprint density at radius 1 is 1.16 bits per heavy atom. The van der Waals surface area contributed by atoms with Gasteiger partial charge in [-0.1, -0.05) is 42.6 Å². The highest BCUT2D eigenvalue weighted by Gasteiger charge is 2.00. The molecule has 0 bridgehead atoms. The van der Waals surface area contributed by atoms with Crippen LogP contribution < -0.4 is 10.1 Å². The van der Waals surface area contributed by atoms with Crippen molar-refractivity contribution >= 4 is 15.9 Å². The van der Waals surface area contributed by atoms with Crippen LogP contribution in [-0.2, 0) is 0 Å². The van der Waals surface area contributed by atoms with Gasteiger partial charge in [0.2, 0.25) is 0 Å². The minimum Gasteiger partial charge on any atom is -0.493 e. The standard InChI is InChI=1S/C16H26BrNO/c1-13(2)18-10-6-4-5-7-11-19-16-9-8-15(17)12-14(16)3/h8-9,12-13,18H,4-7,10-11H2,1-3H3. The van der Waals surface area contributed by atoms with Crippen LogP contribution in [0.1, 0.15) is 45.1 Å². The Morgan fingerprint density at radius 3 is 2.58 bits per heavy atom. The van der Waals surface area contributed by atoms with Gasteiger partial charge >= 0.3 is 0 Å². The lowest BCUT2D eigenvalue weighted by molar-refractivity contribution is 0.302. The van der Waals surface area contributed by atoms with Crippen LogP contribution in [0.2, 0.25) is 0 Å². The molecule has 2 nitrogen and oxygen atoms in total. The van der Waals surface area contributed by atoms with E-state index in [0.29, 0.717) is 6.04 Å². The van der Waals surface area contributed by atoms with Crippen molar-refractivity contribution in [2.75, 3.05) is 13.2 Å². The maximum absolute atomic E-state index is 5.80. The summed E-state index contributed by atoms with van der Waals surface area (Å²) in [5.74, 6) is 1.00. The Kier molecular flexibility index (Phi) is 8.15. The zero-order valence-corrected chi connectivity index (χ0v) is 13.9. The number of hydrogen-bond donors (Lipinski definition) is 1. The maximum atomic E-state index is 5.80. The van der Waals surface area contributed by atoms with Crippen LogP contribution in [0, 0.1) is 6.92 Å². The predicted molar refractivity (Wildman–Crippen MR) is 86.0 cm³/mol. The van der Waals surface area contributed by atoms with Crippen molar-refractivity contribution in [3.8, 4) is 5.75 Å². The van der Waals surface area contributed by atoms with Crippen molar-refractivity contribution in [1.82, 2.24) is 5.32 Å². The Labute approximate surface area is 126 Å². The quantitative estimate of drug-likeness (QED) is 0.664. The molecule has 0 fully saturated rings. The lowest BCUT2D eigenvalue weighted by Gasteiger charge is -2.10. The van der Waals surface area contributed by atoms with Crippen molar-refractivity contribution in [1.29, 1.82) is 0 Å². The van der Waals surface area contributed by atoms with E-state index in [-0.39, 0.29) is 0 Å². The van der Waals surface area contributed by atoms with Crippen molar-refractivity contribution in [3.05, 3.63) is 28.2 Å². The van der Waals surface area contributed by atoms with Crippen LogP contribution in [0.5, 0.6) is 5.75 Å². The van der Waals surface area contributed by atoms with Crippen molar-refractivity contribution in [2.45, 2.75) is 52.5 Å². The summed E-state index contributed by atoms with van der Waals surface area (Å²) in [6.45, 7) is 8.41. The molecule has 1 aromatic rings. The van der Waals surface area contributed by atoms with Gasteiger partial charge in [-0.3, -0.25) is 0 Å². The second-order valence-electron chi connectivity index (χ2n) is 5.28. The molecule has 0 radical (unpaired) electrons. The molecule has 0 atom stereocenters. The number of hydrogen-bond acceptors (Lipinski definition) is 2. The van der Waals surface area contributed by atoms with Crippen LogP contribution in [0.3, 0.4) is 0 Å². The zero-order chi connectivity index (χ0) is 14.1. The van der Waals surface area contributed by atoms with Crippen molar-refractivity contribution < 1.29 is 4.74 Å². The van der Waals surface area contributed by atoms with E-state index in [4.69, 9.17) is 4.74 Å². The predicted octanol–water partition coefficient (Wildman–Crippen LogP) is 4.69. The highest BCUT2D eigenvalue weighted by atomic mass is 79.9. The molecule has 0 amide bonds. The van der Waals surface area contributed by atoms with Gasteiger partial charge in [0.05, 0.1) is 6.61 Å². The highest BCUT2D eigenvalue weighted by molar-refractivity contribution is 9.10. The molecule has 0 heterocycles. The Morgan fingerprint density at radius 2 is 1.89 bits per heavy atom. The summed E-state index contributed by atoms with van der Waals surface area (Å²) < 4.78 is 6.91. The van der Waals surface area contributed by atoms with Gasteiger partial charge in [0.15, 0.2) is 0 Å². The number of aryl methyl sites for hydroxylation is 1. The van der Waals surface area contributed by atoms with Gasteiger partial charge in [0, 0.05) is 10.5 Å². The summed E-state index contributed by atoms with van der Waals surface area (Å²) in [5.41, 5.74) is 1.19. The van der Waals surface area contributed by atoms with Crippen LogP contribution in [0.4, 0.5) is 0 Å². The molecule has 1 N–H and O–H groups in total. The normalized spacial score (nSPS) is 11.0. The molecule has 0 spiro atoms. The first kappa shape index (κ1) is 16.5. The van der Waals surface area contributed by atoms with Crippen molar-refractivity contribution in [2.24, 2.45) is 0 Å². The fourth-order valence-electron chi connectivity index (χ4n) is 1.93. The lowest BCUT2D eigenvalue weighted by atomic mass is 10.2. The summed E-state index contributed by atoms with van der Waals surface area (Å²) in [6, 6.07) is 6.75. The first-order chi connectivity index (χ1) is 9.09. The number of benzene rings is 1. The Bertz CT molecular complexity index is 366. The topological polar surface area (TPSA) is 21.3 Å². The SMILES string of the molecule is Cc1cc(Br)ccc1OCCCCCCNC(C)C. The molecule has 108 valence electrons. The van der Waals surface area contributed by atoms with Crippen LogP contribution >= 0.6 is 15.9 Å². The molecule has 1 rings (SSSR count). The van der Waals surface area contributed by atoms with Gasteiger partial charge in [0.1, 0.15) is 5.75 Å². The van der Waals surface area contributed by atoms with Gasteiger partial charge in [0.25, 0.3) is 0 Å². The van der Waals surface area contributed by atoms with E-state index in [1.165, 1.54) is 24.8 Å². The minimum atomic E-state index is 0.601. The third-order valence-electron chi connectivity index (χ3n) is 3.02. The van der Waals surface area contributed by atoms with E-state index < -0.39 is 0 Å². The maximum Gasteiger partial charge on any atom is 0.122 e. The van der Waals surface area contributed by atoms with Gasteiger partial charge < -0.3 is 10.1 Å². The van der Waals surface area contributed by atoms with Gasteiger partial charge in [-0.15, -0.1) is 0 Å². The molecule has 19 heavy (non-hydrogen) atoms. The number of nitrogens with one attached hydrogen (secondary N) is 1. The fourth-order valence-corrected chi connectivity index (χ4v) is 2.40. The molecule has 0 saturated heterocycles. The van der Waals surface area contributed by atoms with E-state index in [9.17, 15) is 0 Å². The Hall–Kier alpha value is -0.540. The summed E-state index contributed by atoms with van der Waals surface area (Å²) in [7, 11) is 0. The van der Waals surface area contributed by atoms with Gasteiger partial charge in [-0.25, -0.2) is 0 Å². The second-order valence-corrected chi connectivity index (χ2v) is 6.20. The van der Waals surface area contributed by atoms with Gasteiger partial charge in [-0.05, 0) is 50.1 Å². The van der Waals surface area contributed by atoms with Crippen LogP contribution in [0.15, 0.2) is 22.7 Å². The molecular formula is C16H26BrNO.